The zero-order chi connectivity index (χ0) is 21.4. The summed E-state index contributed by atoms with van der Waals surface area (Å²) in [6.45, 7) is 5.39. The van der Waals surface area contributed by atoms with Crippen molar-refractivity contribution in [1.29, 1.82) is 0 Å². The molecule has 1 aliphatic rings. The lowest BCUT2D eigenvalue weighted by atomic mass is 10.0. The second-order valence-corrected chi connectivity index (χ2v) is 7.19. The van der Waals surface area contributed by atoms with Gasteiger partial charge in [0, 0.05) is 48.8 Å². The summed E-state index contributed by atoms with van der Waals surface area (Å²) < 4.78 is 42.8. The smallest absolute Gasteiger partial charge is 0.246 e. The predicted molar refractivity (Wildman–Crippen MR) is 109 cm³/mol. The Hall–Kier alpha value is -3.13. The van der Waals surface area contributed by atoms with Crippen molar-refractivity contribution < 1.29 is 18.0 Å². The maximum absolute atomic E-state index is 15.3. The molecule has 3 aromatic rings. The van der Waals surface area contributed by atoms with Gasteiger partial charge in [-0.1, -0.05) is 18.2 Å². The van der Waals surface area contributed by atoms with E-state index >= 15 is 4.39 Å². The summed E-state index contributed by atoms with van der Waals surface area (Å²) in [5.74, 6) is -2.19. The topological polar surface area (TPSA) is 49.3 Å². The van der Waals surface area contributed by atoms with Crippen molar-refractivity contribution in [2.24, 2.45) is 0 Å². The van der Waals surface area contributed by atoms with Gasteiger partial charge in [-0.25, -0.2) is 23.1 Å². The highest BCUT2D eigenvalue weighted by Gasteiger charge is 2.25. The molecule has 1 saturated heterocycles. The Morgan fingerprint density at radius 1 is 1.10 bits per heavy atom. The monoisotopic (exact) mass is 432 g/mol. The first-order chi connectivity index (χ1) is 14.4. The van der Waals surface area contributed by atoms with E-state index in [1.807, 2.05) is 4.90 Å². The van der Waals surface area contributed by atoms with Gasteiger partial charge in [0.1, 0.15) is 29.3 Å². The van der Waals surface area contributed by atoms with Crippen LogP contribution >= 0.6 is 11.6 Å². The molecule has 4 rings (SSSR count). The molecule has 0 spiro atoms. The number of fused-ring (bicyclic) bond motifs is 1. The highest BCUT2D eigenvalue weighted by molar-refractivity contribution is 6.34. The van der Waals surface area contributed by atoms with Gasteiger partial charge in [-0.15, -0.1) is 0 Å². The van der Waals surface area contributed by atoms with Crippen molar-refractivity contribution >= 4 is 34.2 Å². The number of halogens is 4. The second-order valence-electron chi connectivity index (χ2n) is 6.78. The van der Waals surface area contributed by atoms with Crippen molar-refractivity contribution in [2.75, 3.05) is 31.1 Å². The van der Waals surface area contributed by atoms with Crippen LogP contribution < -0.4 is 4.90 Å². The number of rotatable bonds is 3. The van der Waals surface area contributed by atoms with E-state index in [9.17, 15) is 13.6 Å². The van der Waals surface area contributed by atoms with Crippen LogP contribution in [0.4, 0.5) is 19.0 Å². The van der Waals surface area contributed by atoms with Crippen LogP contribution in [0.15, 0.2) is 43.2 Å². The highest BCUT2D eigenvalue weighted by Crippen LogP contribution is 2.38. The lowest BCUT2D eigenvalue weighted by molar-refractivity contribution is -0.126. The van der Waals surface area contributed by atoms with Crippen LogP contribution in [-0.2, 0) is 4.79 Å². The van der Waals surface area contributed by atoms with Gasteiger partial charge in [0.15, 0.2) is 5.82 Å². The maximum atomic E-state index is 15.3. The van der Waals surface area contributed by atoms with E-state index in [-0.39, 0.29) is 27.6 Å². The number of benzene rings is 2. The molecule has 0 bridgehead atoms. The van der Waals surface area contributed by atoms with Gasteiger partial charge in [0.2, 0.25) is 5.91 Å². The fourth-order valence-corrected chi connectivity index (χ4v) is 3.87. The summed E-state index contributed by atoms with van der Waals surface area (Å²) in [5.41, 5.74) is -0.363. The Morgan fingerprint density at radius 3 is 2.50 bits per heavy atom. The van der Waals surface area contributed by atoms with Crippen molar-refractivity contribution in [3.05, 3.63) is 65.7 Å². The Bertz CT molecular complexity index is 1160. The summed E-state index contributed by atoms with van der Waals surface area (Å²) >= 11 is 6.31. The third-order valence-electron chi connectivity index (χ3n) is 5.07. The minimum absolute atomic E-state index is 0.0206. The zero-order valence-electron chi connectivity index (χ0n) is 15.7. The molecule has 0 atom stereocenters. The Kier molecular flexibility index (Phi) is 5.34. The Balaban J connectivity index is 1.77. The molecular weight excluding hydrogens is 417 g/mol. The molecule has 0 unspecified atom stereocenters. The van der Waals surface area contributed by atoms with E-state index in [0.29, 0.717) is 43.4 Å². The number of amides is 1. The minimum atomic E-state index is -0.924. The predicted octanol–water partition coefficient (Wildman–Crippen LogP) is 4.20. The number of hydrogen-bond donors (Lipinski definition) is 0. The molecule has 5 nitrogen and oxygen atoms in total. The van der Waals surface area contributed by atoms with Crippen molar-refractivity contribution in [2.45, 2.75) is 0 Å². The summed E-state index contributed by atoms with van der Waals surface area (Å²) in [6.07, 6.45) is 2.49. The molecule has 1 aliphatic heterocycles. The van der Waals surface area contributed by atoms with Gasteiger partial charge < -0.3 is 9.80 Å². The van der Waals surface area contributed by atoms with Gasteiger partial charge in [-0.3, -0.25) is 4.79 Å². The summed E-state index contributed by atoms with van der Waals surface area (Å²) in [4.78, 5) is 23.6. The molecule has 30 heavy (non-hydrogen) atoms. The molecule has 2 heterocycles. The van der Waals surface area contributed by atoms with E-state index in [1.54, 1.807) is 4.90 Å². The normalized spacial score (nSPS) is 14.3. The summed E-state index contributed by atoms with van der Waals surface area (Å²) in [6, 6.07) is 4.33. The van der Waals surface area contributed by atoms with Crippen LogP contribution in [0.3, 0.4) is 0 Å². The number of carbonyl (C=O) groups is 1. The first-order valence-electron chi connectivity index (χ1n) is 9.15. The average molecular weight is 433 g/mol. The second kappa shape index (κ2) is 7.95. The molecule has 9 heteroatoms. The molecule has 1 fully saturated rings. The number of nitrogens with zero attached hydrogens (tertiary/aromatic N) is 4. The number of piperazine rings is 1. The van der Waals surface area contributed by atoms with Gasteiger partial charge in [0.05, 0.1) is 5.02 Å². The highest BCUT2D eigenvalue weighted by atomic mass is 35.5. The lowest BCUT2D eigenvalue weighted by Crippen LogP contribution is -2.48. The standard InChI is InChI=1S/C21H16ClF3N4O/c1-2-17(30)28-5-7-29(8-6-28)21-14-10-15(22)18(19(25)20(14)26-11-27-21)13-4-3-12(23)9-16(13)24/h2-4,9-11H,1,5-8H2. The number of anilines is 1. The first kappa shape index (κ1) is 20.2. The van der Waals surface area contributed by atoms with E-state index in [1.165, 1.54) is 18.5 Å². The summed E-state index contributed by atoms with van der Waals surface area (Å²) in [5, 5.41) is 0.330. The van der Waals surface area contributed by atoms with Gasteiger partial charge in [-0.2, -0.15) is 0 Å². The minimum Gasteiger partial charge on any atom is -0.352 e. The summed E-state index contributed by atoms with van der Waals surface area (Å²) in [7, 11) is 0. The molecule has 0 aliphatic carbocycles. The van der Waals surface area contributed by atoms with Crippen LogP contribution in [-0.4, -0.2) is 47.0 Å². The van der Waals surface area contributed by atoms with Crippen LogP contribution in [0.1, 0.15) is 0 Å². The van der Waals surface area contributed by atoms with Gasteiger partial charge in [-0.05, 0) is 24.3 Å². The van der Waals surface area contributed by atoms with Gasteiger partial charge >= 0.3 is 0 Å². The lowest BCUT2D eigenvalue weighted by Gasteiger charge is -2.35. The zero-order valence-corrected chi connectivity index (χ0v) is 16.5. The molecule has 2 aromatic carbocycles. The van der Waals surface area contributed by atoms with Crippen molar-refractivity contribution in [1.82, 2.24) is 14.9 Å². The SMILES string of the molecule is C=CC(=O)N1CCN(c2ncnc3c(F)c(-c4ccc(F)cc4F)c(Cl)cc23)CC1. The van der Waals surface area contributed by atoms with Crippen LogP contribution in [0.25, 0.3) is 22.0 Å². The van der Waals surface area contributed by atoms with Crippen molar-refractivity contribution in [3.63, 3.8) is 0 Å². The molecular formula is C21H16ClF3N4O. The van der Waals surface area contributed by atoms with Crippen molar-refractivity contribution in [3.8, 4) is 11.1 Å². The number of aromatic nitrogens is 2. The van der Waals surface area contributed by atoms with Crippen LogP contribution in [0.2, 0.25) is 5.02 Å². The van der Waals surface area contributed by atoms with E-state index in [4.69, 9.17) is 11.6 Å². The Labute approximate surface area is 175 Å². The van der Waals surface area contributed by atoms with E-state index in [0.717, 1.165) is 12.1 Å². The average Bonchev–Trinajstić information content (AvgIpc) is 2.74. The van der Waals surface area contributed by atoms with Gasteiger partial charge in [0.25, 0.3) is 0 Å². The quantitative estimate of drug-likeness (QED) is 0.582. The molecule has 154 valence electrons. The van der Waals surface area contributed by atoms with Crippen LogP contribution in [0.5, 0.6) is 0 Å². The van der Waals surface area contributed by atoms with E-state index < -0.39 is 17.5 Å². The largest absolute Gasteiger partial charge is 0.352 e. The van der Waals surface area contributed by atoms with E-state index in [2.05, 4.69) is 16.5 Å². The third kappa shape index (κ3) is 3.47. The van der Waals surface area contributed by atoms with Crippen LogP contribution in [0, 0.1) is 17.5 Å². The third-order valence-corrected chi connectivity index (χ3v) is 5.36. The molecule has 0 radical (unpaired) electrons. The molecule has 1 amide bonds. The fraction of sp³-hybridized carbons (Fsp3) is 0.190. The number of carbonyl (C=O) groups excluding carboxylic acids is 1. The number of hydrogen-bond acceptors (Lipinski definition) is 4. The maximum Gasteiger partial charge on any atom is 0.246 e. The first-order valence-corrected chi connectivity index (χ1v) is 9.53. The molecule has 0 N–H and O–H groups in total. The Morgan fingerprint density at radius 2 is 1.83 bits per heavy atom. The molecule has 1 aromatic heterocycles. The fourth-order valence-electron chi connectivity index (χ4n) is 3.58. The molecule has 0 saturated carbocycles.